The zero-order valence-electron chi connectivity index (χ0n) is 9.38. The van der Waals surface area contributed by atoms with Gasteiger partial charge in [0.05, 0.1) is 16.8 Å². The quantitative estimate of drug-likeness (QED) is 0.813. The number of rotatable bonds is 2. The number of para-hydroxylation sites is 1. The molecule has 0 aliphatic carbocycles. The minimum atomic E-state index is -0.175. The molecule has 0 spiro atoms. The van der Waals surface area contributed by atoms with Crippen molar-refractivity contribution in [2.24, 2.45) is 5.92 Å². The summed E-state index contributed by atoms with van der Waals surface area (Å²) in [5.41, 5.74) is 1.82. The van der Waals surface area contributed by atoms with E-state index in [1.807, 2.05) is 12.1 Å². The number of hydrogen-bond donors (Lipinski definition) is 2. The van der Waals surface area contributed by atoms with E-state index in [9.17, 15) is 4.79 Å². The largest absolute Gasteiger partial charge is 0.331 e. The predicted octanol–water partition coefficient (Wildman–Crippen LogP) is 3.56. The molecule has 3 nitrogen and oxygen atoms in total. The normalized spacial score (nSPS) is 19.0. The van der Waals surface area contributed by atoms with Gasteiger partial charge in [-0.25, -0.2) is 4.79 Å². The molecule has 0 fully saturated rings. The van der Waals surface area contributed by atoms with Gasteiger partial charge in [-0.15, -0.1) is 0 Å². The smallest absolute Gasteiger partial charge is 0.319 e. The zero-order chi connectivity index (χ0) is 11.7. The maximum absolute atomic E-state index is 11.5. The Morgan fingerprint density at radius 2 is 2.19 bits per heavy atom. The number of benzene rings is 1. The number of urea groups is 1. The van der Waals surface area contributed by atoms with Gasteiger partial charge in [-0.05, 0) is 24.0 Å². The van der Waals surface area contributed by atoms with Crippen LogP contribution in [0.3, 0.4) is 0 Å². The Bertz CT molecular complexity index is 417. The second-order valence-electron chi connectivity index (χ2n) is 4.48. The number of hydrogen-bond acceptors (Lipinski definition) is 1. The summed E-state index contributed by atoms with van der Waals surface area (Å²) in [6.45, 7) is 4.27. The van der Waals surface area contributed by atoms with E-state index in [0.717, 1.165) is 17.7 Å². The van der Waals surface area contributed by atoms with E-state index in [4.69, 9.17) is 11.6 Å². The van der Waals surface area contributed by atoms with Gasteiger partial charge in [0.1, 0.15) is 0 Å². The second kappa shape index (κ2) is 4.34. The zero-order valence-corrected chi connectivity index (χ0v) is 10.1. The average Bonchev–Trinajstić information content (AvgIpc) is 2.18. The molecule has 1 heterocycles. The van der Waals surface area contributed by atoms with Crippen molar-refractivity contribution in [3.8, 4) is 0 Å². The highest BCUT2D eigenvalue weighted by Gasteiger charge is 2.25. The highest BCUT2D eigenvalue weighted by Crippen LogP contribution is 2.35. The van der Waals surface area contributed by atoms with E-state index >= 15 is 0 Å². The molecular weight excluding hydrogens is 224 g/mol. The lowest BCUT2D eigenvalue weighted by Gasteiger charge is -2.29. The van der Waals surface area contributed by atoms with Crippen molar-refractivity contribution in [1.82, 2.24) is 5.32 Å². The predicted molar refractivity (Wildman–Crippen MR) is 65.8 cm³/mol. The second-order valence-corrected chi connectivity index (χ2v) is 4.89. The van der Waals surface area contributed by atoms with E-state index in [0.29, 0.717) is 10.9 Å². The Morgan fingerprint density at radius 3 is 2.88 bits per heavy atom. The maximum Gasteiger partial charge on any atom is 0.319 e. The fourth-order valence-corrected chi connectivity index (χ4v) is 2.24. The lowest BCUT2D eigenvalue weighted by Crippen LogP contribution is -2.38. The molecule has 1 aromatic carbocycles. The Hall–Kier alpha value is -1.22. The van der Waals surface area contributed by atoms with Crippen LogP contribution in [0, 0.1) is 5.92 Å². The number of carbonyl (C=O) groups is 1. The first kappa shape index (κ1) is 11.3. The van der Waals surface area contributed by atoms with E-state index < -0.39 is 0 Å². The van der Waals surface area contributed by atoms with Gasteiger partial charge in [0, 0.05) is 0 Å². The molecule has 1 aliphatic rings. The minimum absolute atomic E-state index is 0.0578. The van der Waals surface area contributed by atoms with Crippen LogP contribution < -0.4 is 10.6 Å². The number of nitrogens with one attached hydrogen (secondary N) is 2. The van der Waals surface area contributed by atoms with E-state index in [1.54, 1.807) is 6.07 Å². The van der Waals surface area contributed by atoms with Crippen LogP contribution >= 0.6 is 11.6 Å². The van der Waals surface area contributed by atoms with E-state index in [-0.39, 0.29) is 12.1 Å². The summed E-state index contributed by atoms with van der Waals surface area (Å²) >= 11 is 6.07. The van der Waals surface area contributed by atoms with E-state index in [1.165, 1.54) is 0 Å². The van der Waals surface area contributed by atoms with Gasteiger partial charge in [0.2, 0.25) is 0 Å². The van der Waals surface area contributed by atoms with Crippen LogP contribution in [0.4, 0.5) is 10.5 Å². The molecule has 1 aromatic rings. The molecule has 4 heteroatoms. The summed E-state index contributed by atoms with van der Waals surface area (Å²) in [6.07, 6.45) is 0.917. The molecule has 86 valence electrons. The van der Waals surface area contributed by atoms with Crippen molar-refractivity contribution in [2.75, 3.05) is 5.32 Å². The van der Waals surface area contributed by atoms with Gasteiger partial charge >= 0.3 is 6.03 Å². The number of anilines is 1. The minimum Gasteiger partial charge on any atom is -0.331 e. The van der Waals surface area contributed by atoms with Crippen LogP contribution in [-0.4, -0.2) is 6.03 Å². The van der Waals surface area contributed by atoms with Gasteiger partial charge in [-0.1, -0.05) is 37.6 Å². The first-order chi connectivity index (χ1) is 7.58. The van der Waals surface area contributed by atoms with Crippen LogP contribution in [-0.2, 0) is 0 Å². The summed E-state index contributed by atoms with van der Waals surface area (Å²) in [6, 6.07) is 5.58. The maximum atomic E-state index is 11.5. The van der Waals surface area contributed by atoms with Gasteiger partial charge in [0.25, 0.3) is 0 Å². The Labute approximate surface area is 100 Å². The number of halogens is 1. The standard InChI is InChI=1S/C12H15ClN2O/c1-7(2)6-10-8-4-3-5-9(13)11(8)15-12(16)14-10/h3-5,7,10H,6H2,1-2H3,(H2,14,15,16). The molecular formula is C12H15ClN2O. The summed E-state index contributed by atoms with van der Waals surface area (Å²) in [7, 11) is 0. The highest BCUT2D eigenvalue weighted by molar-refractivity contribution is 6.34. The van der Waals surface area contributed by atoms with Crippen molar-refractivity contribution >= 4 is 23.3 Å². The molecule has 0 saturated carbocycles. The number of fused-ring (bicyclic) bond motifs is 1. The van der Waals surface area contributed by atoms with Gasteiger partial charge in [0.15, 0.2) is 0 Å². The molecule has 0 bridgehead atoms. The number of amides is 2. The lowest BCUT2D eigenvalue weighted by atomic mass is 9.94. The Kier molecular flexibility index (Phi) is 3.06. The molecule has 1 unspecified atom stereocenters. The van der Waals surface area contributed by atoms with Crippen LogP contribution in [0.15, 0.2) is 18.2 Å². The fourth-order valence-electron chi connectivity index (χ4n) is 2.01. The van der Waals surface area contributed by atoms with Crippen molar-refractivity contribution in [1.29, 1.82) is 0 Å². The summed E-state index contributed by atoms with van der Waals surface area (Å²) in [5, 5.41) is 6.27. The van der Waals surface area contributed by atoms with Crippen LogP contribution in [0.1, 0.15) is 31.9 Å². The van der Waals surface area contributed by atoms with Crippen molar-refractivity contribution in [2.45, 2.75) is 26.3 Å². The summed E-state index contributed by atoms with van der Waals surface area (Å²) < 4.78 is 0. The van der Waals surface area contributed by atoms with Gasteiger partial charge < -0.3 is 10.6 Å². The molecule has 2 N–H and O–H groups in total. The summed E-state index contributed by atoms with van der Waals surface area (Å²) in [5.74, 6) is 0.523. The SMILES string of the molecule is CC(C)CC1NC(=O)Nc2c(Cl)cccc21. The molecule has 16 heavy (non-hydrogen) atoms. The van der Waals surface area contributed by atoms with Crippen LogP contribution in [0.2, 0.25) is 5.02 Å². The topological polar surface area (TPSA) is 41.1 Å². The first-order valence-electron chi connectivity index (χ1n) is 5.44. The molecule has 2 rings (SSSR count). The molecule has 0 radical (unpaired) electrons. The van der Waals surface area contributed by atoms with Crippen LogP contribution in [0.5, 0.6) is 0 Å². The third-order valence-electron chi connectivity index (χ3n) is 2.67. The Balaban J connectivity index is 2.38. The third-order valence-corrected chi connectivity index (χ3v) is 2.99. The van der Waals surface area contributed by atoms with Crippen molar-refractivity contribution < 1.29 is 4.79 Å². The molecule has 1 atom stereocenters. The van der Waals surface area contributed by atoms with Crippen LogP contribution in [0.25, 0.3) is 0 Å². The highest BCUT2D eigenvalue weighted by atomic mass is 35.5. The summed E-state index contributed by atoms with van der Waals surface area (Å²) in [4.78, 5) is 11.5. The molecule has 0 aromatic heterocycles. The fraction of sp³-hybridized carbons (Fsp3) is 0.417. The van der Waals surface area contributed by atoms with E-state index in [2.05, 4.69) is 24.5 Å². The molecule has 2 amide bonds. The molecule has 1 aliphatic heterocycles. The number of carbonyl (C=O) groups excluding carboxylic acids is 1. The van der Waals surface area contributed by atoms with Gasteiger partial charge in [-0.2, -0.15) is 0 Å². The lowest BCUT2D eigenvalue weighted by molar-refractivity contribution is 0.245. The monoisotopic (exact) mass is 238 g/mol. The van der Waals surface area contributed by atoms with Gasteiger partial charge in [-0.3, -0.25) is 0 Å². The Morgan fingerprint density at radius 1 is 1.44 bits per heavy atom. The first-order valence-corrected chi connectivity index (χ1v) is 5.81. The van der Waals surface area contributed by atoms with Crippen molar-refractivity contribution in [3.05, 3.63) is 28.8 Å². The molecule has 0 saturated heterocycles. The average molecular weight is 239 g/mol. The third kappa shape index (κ3) is 2.14. The van der Waals surface area contributed by atoms with Crippen molar-refractivity contribution in [3.63, 3.8) is 0 Å².